The van der Waals surface area contributed by atoms with Gasteiger partial charge in [0.05, 0.1) is 10.4 Å². The third kappa shape index (κ3) is 2.29. The number of hydrogen-bond acceptors (Lipinski definition) is 3. The number of nitrogens with zero attached hydrogens (tertiary/aromatic N) is 2. The first-order valence-electron chi connectivity index (χ1n) is 5.90. The molecule has 2 fully saturated rings. The second-order valence-electron chi connectivity index (χ2n) is 4.69. The first-order valence-corrected chi connectivity index (χ1v) is 6.69. The molecule has 2 aliphatic rings. The van der Waals surface area contributed by atoms with Crippen molar-refractivity contribution >= 4 is 27.7 Å². The molecule has 1 saturated carbocycles. The second kappa shape index (κ2) is 4.29. The Bertz CT molecular complexity index is 441. The Labute approximate surface area is 109 Å². The van der Waals surface area contributed by atoms with E-state index in [2.05, 4.69) is 31.1 Å². The van der Waals surface area contributed by atoms with Crippen molar-refractivity contribution in [3.63, 3.8) is 0 Å². The molecule has 1 saturated heterocycles. The van der Waals surface area contributed by atoms with Gasteiger partial charge < -0.3 is 10.2 Å². The van der Waals surface area contributed by atoms with Gasteiger partial charge in [-0.1, -0.05) is 0 Å². The number of aromatic nitrogens is 1. The maximum Gasteiger partial charge on any atom is 0.226 e. The van der Waals surface area contributed by atoms with Crippen LogP contribution in [-0.4, -0.2) is 30.0 Å². The number of anilines is 1. The van der Waals surface area contributed by atoms with E-state index in [9.17, 15) is 4.79 Å². The Morgan fingerprint density at radius 2 is 2.24 bits per heavy atom. The van der Waals surface area contributed by atoms with E-state index in [1.54, 1.807) is 6.20 Å². The first-order chi connectivity index (χ1) is 8.24. The van der Waals surface area contributed by atoms with Crippen molar-refractivity contribution in [2.45, 2.75) is 18.9 Å². The van der Waals surface area contributed by atoms with Gasteiger partial charge in [-0.25, -0.2) is 4.98 Å². The molecule has 2 heterocycles. The zero-order valence-corrected chi connectivity index (χ0v) is 11.0. The molecule has 5 heteroatoms. The van der Waals surface area contributed by atoms with Gasteiger partial charge in [-0.05, 0) is 40.9 Å². The topological polar surface area (TPSA) is 45.2 Å². The summed E-state index contributed by atoms with van der Waals surface area (Å²) in [5.74, 6) is 1.27. The monoisotopic (exact) mass is 295 g/mol. The lowest BCUT2D eigenvalue weighted by atomic mass is 9.99. The second-order valence-corrected chi connectivity index (χ2v) is 5.55. The fraction of sp³-hybridized carbons (Fsp3) is 0.500. The van der Waals surface area contributed by atoms with Gasteiger partial charge in [0.15, 0.2) is 0 Å². The Morgan fingerprint density at radius 3 is 2.88 bits per heavy atom. The Kier molecular flexibility index (Phi) is 2.78. The minimum Gasteiger partial charge on any atom is -0.354 e. The number of carbonyl (C=O) groups excluding carboxylic acids is 1. The van der Waals surface area contributed by atoms with E-state index >= 15 is 0 Å². The molecule has 0 atom stereocenters. The zero-order chi connectivity index (χ0) is 11.8. The summed E-state index contributed by atoms with van der Waals surface area (Å²) < 4.78 is 0.987. The predicted molar refractivity (Wildman–Crippen MR) is 68.8 cm³/mol. The van der Waals surface area contributed by atoms with Crippen LogP contribution in [0.15, 0.2) is 22.8 Å². The summed E-state index contributed by atoms with van der Waals surface area (Å²) in [5, 5.41) is 3.04. The van der Waals surface area contributed by atoms with Crippen LogP contribution in [0.1, 0.15) is 12.8 Å². The normalized spacial score (nSPS) is 19.9. The van der Waals surface area contributed by atoms with Crippen LogP contribution < -0.4 is 10.2 Å². The molecule has 0 unspecified atom stereocenters. The van der Waals surface area contributed by atoms with Crippen LogP contribution in [0.3, 0.4) is 0 Å². The summed E-state index contributed by atoms with van der Waals surface area (Å²) in [6.45, 7) is 1.54. The van der Waals surface area contributed by atoms with Gasteiger partial charge in [-0.2, -0.15) is 0 Å². The van der Waals surface area contributed by atoms with Crippen LogP contribution >= 0.6 is 15.9 Å². The standard InChI is InChI=1S/C12H14BrN3O/c13-10-2-1-5-14-11(10)16-6-8(7-16)12(17)15-9-3-4-9/h1-2,5,8-9H,3-4,6-7H2,(H,15,17). The Balaban J connectivity index is 1.57. The van der Waals surface area contributed by atoms with Gasteiger partial charge in [0.25, 0.3) is 0 Å². The molecule has 0 radical (unpaired) electrons. The average Bonchev–Trinajstić information content (AvgIpc) is 3.02. The fourth-order valence-electron chi connectivity index (χ4n) is 1.97. The third-order valence-electron chi connectivity index (χ3n) is 3.21. The van der Waals surface area contributed by atoms with Gasteiger partial charge >= 0.3 is 0 Å². The smallest absolute Gasteiger partial charge is 0.226 e. The van der Waals surface area contributed by atoms with Gasteiger partial charge in [-0.15, -0.1) is 0 Å². The van der Waals surface area contributed by atoms with E-state index in [0.717, 1.165) is 36.2 Å². The molecule has 90 valence electrons. The van der Waals surface area contributed by atoms with Crippen molar-refractivity contribution in [1.82, 2.24) is 10.3 Å². The largest absolute Gasteiger partial charge is 0.354 e. The fourth-order valence-corrected chi connectivity index (χ4v) is 2.48. The van der Waals surface area contributed by atoms with Gasteiger partial charge in [-0.3, -0.25) is 4.79 Å². The van der Waals surface area contributed by atoms with E-state index in [4.69, 9.17) is 0 Å². The molecule has 0 aromatic carbocycles. The maximum absolute atomic E-state index is 11.8. The Morgan fingerprint density at radius 1 is 1.47 bits per heavy atom. The number of pyridine rings is 1. The molecule has 1 aliphatic heterocycles. The average molecular weight is 296 g/mol. The lowest BCUT2D eigenvalue weighted by Gasteiger charge is -2.39. The number of carbonyl (C=O) groups is 1. The van der Waals surface area contributed by atoms with Crippen LogP contribution in [-0.2, 0) is 4.79 Å². The highest BCUT2D eigenvalue weighted by molar-refractivity contribution is 9.10. The first kappa shape index (κ1) is 11.0. The SMILES string of the molecule is O=C(NC1CC1)C1CN(c2ncccc2Br)C1. The molecule has 4 nitrogen and oxygen atoms in total. The third-order valence-corrected chi connectivity index (χ3v) is 3.83. The number of hydrogen-bond donors (Lipinski definition) is 1. The molecule has 0 bridgehead atoms. The summed E-state index contributed by atoms with van der Waals surface area (Å²) in [7, 11) is 0. The molecule has 1 aromatic heterocycles. The van der Waals surface area contributed by atoms with Crippen LogP contribution in [0.5, 0.6) is 0 Å². The molecule has 1 aliphatic carbocycles. The number of amides is 1. The summed E-state index contributed by atoms with van der Waals surface area (Å²) in [6, 6.07) is 4.32. The number of rotatable bonds is 3. The van der Waals surface area contributed by atoms with Crippen molar-refractivity contribution in [2.75, 3.05) is 18.0 Å². The van der Waals surface area contributed by atoms with Gasteiger partial charge in [0, 0.05) is 25.3 Å². The van der Waals surface area contributed by atoms with Crippen molar-refractivity contribution in [2.24, 2.45) is 5.92 Å². The van der Waals surface area contributed by atoms with Crippen molar-refractivity contribution in [1.29, 1.82) is 0 Å². The van der Waals surface area contributed by atoms with Gasteiger partial charge in [0.2, 0.25) is 5.91 Å². The zero-order valence-electron chi connectivity index (χ0n) is 9.40. The Hall–Kier alpha value is -1.10. The van der Waals surface area contributed by atoms with Crippen LogP contribution in [0, 0.1) is 5.92 Å². The molecule has 1 amide bonds. The van der Waals surface area contributed by atoms with E-state index in [0.29, 0.717) is 6.04 Å². The molecule has 1 aromatic rings. The molecular formula is C12H14BrN3O. The molecule has 3 rings (SSSR count). The number of halogens is 1. The van der Waals surface area contributed by atoms with Crippen molar-refractivity contribution in [3.8, 4) is 0 Å². The quantitative estimate of drug-likeness (QED) is 0.920. The van der Waals surface area contributed by atoms with Crippen LogP contribution in [0.2, 0.25) is 0 Å². The van der Waals surface area contributed by atoms with E-state index in [1.807, 2.05) is 12.1 Å². The van der Waals surface area contributed by atoms with E-state index in [-0.39, 0.29) is 11.8 Å². The summed E-state index contributed by atoms with van der Waals surface area (Å²) >= 11 is 3.47. The van der Waals surface area contributed by atoms with E-state index in [1.165, 1.54) is 0 Å². The highest BCUT2D eigenvalue weighted by atomic mass is 79.9. The maximum atomic E-state index is 11.8. The van der Waals surface area contributed by atoms with Crippen LogP contribution in [0.25, 0.3) is 0 Å². The summed E-state index contributed by atoms with van der Waals surface area (Å²) in [5.41, 5.74) is 0. The van der Waals surface area contributed by atoms with Crippen molar-refractivity contribution in [3.05, 3.63) is 22.8 Å². The summed E-state index contributed by atoms with van der Waals surface area (Å²) in [4.78, 5) is 18.2. The molecule has 0 spiro atoms. The van der Waals surface area contributed by atoms with Crippen LogP contribution in [0.4, 0.5) is 5.82 Å². The van der Waals surface area contributed by atoms with E-state index < -0.39 is 0 Å². The summed E-state index contributed by atoms with van der Waals surface area (Å²) in [6.07, 6.45) is 4.07. The minimum absolute atomic E-state index is 0.129. The minimum atomic E-state index is 0.129. The molecule has 17 heavy (non-hydrogen) atoms. The molecule has 1 N–H and O–H groups in total. The highest BCUT2D eigenvalue weighted by Gasteiger charge is 2.36. The predicted octanol–water partition coefficient (Wildman–Crippen LogP) is 1.56. The highest BCUT2D eigenvalue weighted by Crippen LogP contribution is 2.29. The van der Waals surface area contributed by atoms with Gasteiger partial charge in [0.1, 0.15) is 5.82 Å². The lowest BCUT2D eigenvalue weighted by Crippen LogP contribution is -2.54. The molecular weight excluding hydrogens is 282 g/mol. The lowest BCUT2D eigenvalue weighted by molar-refractivity contribution is -0.125. The van der Waals surface area contributed by atoms with Crippen molar-refractivity contribution < 1.29 is 4.79 Å². The number of nitrogens with one attached hydrogen (secondary N) is 1.